The van der Waals surface area contributed by atoms with Crippen molar-refractivity contribution >= 4 is 34.1 Å². The normalized spacial score (nSPS) is 14.7. The van der Waals surface area contributed by atoms with E-state index >= 15 is 0 Å². The van der Waals surface area contributed by atoms with Crippen LogP contribution in [-0.4, -0.2) is 40.7 Å². The molecule has 0 unspecified atom stereocenters. The van der Waals surface area contributed by atoms with Gasteiger partial charge in [0, 0.05) is 42.8 Å². The molecule has 7 nitrogen and oxygen atoms in total. The van der Waals surface area contributed by atoms with Crippen LogP contribution in [0.3, 0.4) is 0 Å². The Labute approximate surface area is 170 Å². The minimum absolute atomic E-state index is 0.106. The fraction of sp³-hybridized carbons (Fsp3) is 0.364. The van der Waals surface area contributed by atoms with Crippen LogP contribution < -0.4 is 15.5 Å². The van der Waals surface area contributed by atoms with Gasteiger partial charge in [-0.15, -0.1) is 10.2 Å². The molecular formula is C22H26N6O. The van der Waals surface area contributed by atoms with Crippen molar-refractivity contribution in [1.29, 1.82) is 0 Å². The molecule has 3 aromatic rings. The fourth-order valence-electron chi connectivity index (χ4n) is 3.63. The van der Waals surface area contributed by atoms with Crippen molar-refractivity contribution in [2.24, 2.45) is 5.92 Å². The third-order valence-corrected chi connectivity index (χ3v) is 5.26. The number of benzene rings is 1. The molecule has 1 saturated heterocycles. The van der Waals surface area contributed by atoms with Crippen LogP contribution in [0, 0.1) is 5.92 Å². The van der Waals surface area contributed by atoms with E-state index in [1.165, 1.54) is 0 Å². The van der Waals surface area contributed by atoms with Gasteiger partial charge in [0.2, 0.25) is 5.91 Å². The molecule has 0 atom stereocenters. The second-order valence-electron chi connectivity index (χ2n) is 7.37. The van der Waals surface area contributed by atoms with Crippen molar-refractivity contribution in [1.82, 2.24) is 20.5 Å². The topological polar surface area (TPSA) is 83.0 Å². The zero-order valence-corrected chi connectivity index (χ0v) is 16.6. The van der Waals surface area contributed by atoms with E-state index in [1.54, 1.807) is 6.20 Å². The fourth-order valence-corrected chi connectivity index (χ4v) is 3.63. The first-order valence-electron chi connectivity index (χ1n) is 10.2. The first kappa shape index (κ1) is 19.1. The summed E-state index contributed by atoms with van der Waals surface area (Å²) in [7, 11) is 0. The molecule has 1 fully saturated rings. The molecule has 1 aromatic carbocycles. The Kier molecular flexibility index (Phi) is 5.84. The van der Waals surface area contributed by atoms with Gasteiger partial charge in [-0.25, -0.2) is 0 Å². The zero-order chi connectivity index (χ0) is 20.1. The Balaban J connectivity index is 1.35. The smallest absolute Gasteiger partial charge is 0.223 e. The molecule has 2 aromatic heterocycles. The Morgan fingerprint density at radius 1 is 1.14 bits per heavy atom. The van der Waals surface area contributed by atoms with Gasteiger partial charge in [0.05, 0.1) is 5.52 Å². The van der Waals surface area contributed by atoms with Crippen LogP contribution in [0.4, 0.5) is 17.3 Å². The van der Waals surface area contributed by atoms with Crippen LogP contribution in [0.25, 0.3) is 10.9 Å². The van der Waals surface area contributed by atoms with Crippen molar-refractivity contribution in [2.45, 2.75) is 26.2 Å². The van der Waals surface area contributed by atoms with Gasteiger partial charge in [0.1, 0.15) is 0 Å². The molecule has 1 aliphatic heterocycles. The van der Waals surface area contributed by atoms with E-state index in [0.29, 0.717) is 5.82 Å². The van der Waals surface area contributed by atoms with Crippen molar-refractivity contribution in [3.05, 3.63) is 48.7 Å². The van der Waals surface area contributed by atoms with Gasteiger partial charge in [-0.2, -0.15) is 0 Å². The molecular weight excluding hydrogens is 364 g/mol. The average molecular weight is 390 g/mol. The summed E-state index contributed by atoms with van der Waals surface area (Å²) < 4.78 is 0. The second-order valence-corrected chi connectivity index (χ2v) is 7.37. The minimum Gasteiger partial charge on any atom is -0.356 e. The van der Waals surface area contributed by atoms with Crippen LogP contribution in [0.15, 0.2) is 48.7 Å². The number of hydrogen-bond acceptors (Lipinski definition) is 6. The lowest BCUT2D eigenvalue weighted by molar-refractivity contribution is -0.125. The maximum atomic E-state index is 12.1. The summed E-state index contributed by atoms with van der Waals surface area (Å²) >= 11 is 0. The third-order valence-electron chi connectivity index (χ3n) is 5.26. The van der Waals surface area contributed by atoms with Crippen molar-refractivity contribution in [3.8, 4) is 0 Å². The van der Waals surface area contributed by atoms with E-state index in [1.807, 2.05) is 42.5 Å². The number of amides is 1. The van der Waals surface area contributed by atoms with Crippen molar-refractivity contribution in [3.63, 3.8) is 0 Å². The zero-order valence-electron chi connectivity index (χ0n) is 16.6. The highest BCUT2D eigenvalue weighted by Crippen LogP contribution is 2.24. The number of nitrogens with one attached hydrogen (secondary N) is 2. The second kappa shape index (κ2) is 8.86. The maximum Gasteiger partial charge on any atom is 0.223 e. The van der Waals surface area contributed by atoms with Gasteiger partial charge >= 0.3 is 0 Å². The van der Waals surface area contributed by atoms with Crippen LogP contribution in [-0.2, 0) is 4.79 Å². The summed E-state index contributed by atoms with van der Waals surface area (Å²) in [5.74, 6) is 1.84. The number of carbonyl (C=O) groups is 1. The minimum atomic E-state index is 0.106. The summed E-state index contributed by atoms with van der Waals surface area (Å²) in [6, 6.07) is 13.9. The van der Waals surface area contributed by atoms with Gasteiger partial charge in [0.25, 0.3) is 0 Å². The number of rotatable bonds is 6. The predicted octanol–water partition coefficient (Wildman–Crippen LogP) is 3.51. The Hall–Kier alpha value is -3.22. The molecule has 0 radical (unpaired) electrons. The molecule has 4 rings (SSSR count). The maximum absolute atomic E-state index is 12.1. The van der Waals surface area contributed by atoms with Crippen LogP contribution in [0.5, 0.6) is 0 Å². The number of carbonyl (C=O) groups excluding carboxylic acids is 1. The van der Waals surface area contributed by atoms with Gasteiger partial charge in [-0.05, 0) is 55.7 Å². The van der Waals surface area contributed by atoms with E-state index < -0.39 is 0 Å². The highest BCUT2D eigenvalue weighted by Gasteiger charge is 2.25. The Morgan fingerprint density at radius 2 is 2.00 bits per heavy atom. The molecule has 0 spiro atoms. The van der Waals surface area contributed by atoms with Gasteiger partial charge in [-0.3, -0.25) is 9.78 Å². The first-order valence-corrected chi connectivity index (χ1v) is 10.2. The highest BCUT2D eigenvalue weighted by molar-refractivity contribution is 5.83. The number of anilines is 3. The van der Waals surface area contributed by atoms with E-state index in [2.05, 4.69) is 37.6 Å². The molecule has 29 heavy (non-hydrogen) atoms. The SMILES string of the molecule is CCCNC(=O)C1CCN(c2ccc(Nc3ccc4ncccc4c3)nn2)CC1. The van der Waals surface area contributed by atoms with Crippen molar-refractivity contribution in [2.75, 3.05) is 29.9 Å². The lowest BCUT2D eigenvalue weighted by Gasteiger charge is -2.31. The van der Waals surface area contributed by atoms with E-state index in [4.69, 9.17) is 0 Å². The molecule has 1 aliphatic rings. The molecule has 7 heteroatoms. The molecule has 0 saturated carbocycles. The van der Waals surface area contributed by atoms with Gasteiger partial charge in [0.15, 0.2) is 11.6 Å². The summed E-state index contributed by atoms with van der Waals surface area (Å²) in [5, 5.41) is 16.1. The molecule has 1 amide bonds. The van der Waals surface area contributed by atoms with E-state index in [0.717, 1.165) is 61.3 Å². The van der Waals surface area contributed by atoms with Gasteiger partial charge < -0.3 is 15.5 Å². The number of hydrogen-bond donors (Lipinski definition) is 2. The summed E-state index contributed by atoms with van der Waals surface area (Å²) in [5.41, 5.74) is 1.91. The largest absolute Gasteiger partial charge is 0.356 e. The average Bonchev–Trinajstić information content (AvgIpc) is 2.78. The summed E-state index contributed by atoms with van der Waals surface area (Å²) in [6.45, 7) is 4.47. The van der Waals surface area contributed by atoms with Crippen molar-refractivity contribution < 1.29 is 4.79 Å². The quantitative estimate of drug-likeness (QED) is 0.670. The monoisotopic (exact) mass is 390 g/mol. The standard InChI is InChI=1S/C22H26N6O/c1-2-11-24-22(29)16-9-13-28(14-10-16)21-8-7-20(26-27-21)25-18-5-6-19-17(15-18)4-3-12-23-19/h3-8,12,15-16H,2,9-11,13-14H2,1H3,(H,24,29)(H,25,26). The van der Waals surface area contributed by atoms with Crippen LogP contribution >= 0.6 is 0 Å². The number of pyridine rings is 1. The van der Waals surface area contributed by atoms with E-state index in [9.17, 15) is 4.79 Å². The number of piperidine rings is 1. The third kappa shape index (κ3) is 4.62. The lowest BCUT2D eigenvalue weighted by atomic mass is 9.96. The summed E-state index contributed by atoms with van der Waals surface area (Å²) in [4.78, 5) is 18.7. The van der Waals surface area contributed by atoms with E-state index in [-0.39, 0.29) is 11.8 Å². The Morgan fingerprint density at radius 3 is 2.76 bits per heavy atom. The first-order chi connectivity index (χ1) is 14.2. The number of fused-ring (bicyclic) bond motifs is 1. The predicted molar refractivity (Wildman–Crippen MR) is 115 cm³/mol. The number of aromatic nitrogens is 3. The Bertz CT molecular complexity index is 966. The van der Waals surface area contributed by atoms with Gasteiger partial charge in [-0.1, -0.05) is 13.0 Å². The lowest BCUT2D eigenvalue weighted by Crippen LogP contribution is -2.41. The molecule has 0 bridgehead atoms. The molecule has 150 valence electrons. The molecule has 2 N–H and O–H groups in total. The molecule has 0 aliphatic carbocycles. The number of nitrogens with zero attached hydrogens (tertiary/aromatic N) is 4. The molecule has 3 heterocycles. The van der Waals surface area contributed by atoms with Crippen LogP contribution in [0.2, 0.25) is 0 Å². The van der Waals surface area contributed by atoms with Crippen LogP contribution in [0.1, 0.15) is 26.2 Å². The highest BCUT2D eigenvalue weighted by atomic mass is 16.1. The summed E-state index contributed by atoms with van der Waals surface area (Å²) in [6.07, 6.45) is 4.46.